The van der Waals surface area contributed by atoms with Gasteiger partial charge in [-0.05, 0) is 31.8 Å². The van der Waals surface area contributed by atoms with Crippen LogP contribution in [0, 0.1) is 5.92 Å². The molecule has 0 N–H and O–H groups in total. The number of rotatable bonds is 0. The van der Waals surface area contributed by atoms with Crippen molar-refractivity contribution in [2.45, 2.75) is 26.7 Å². The van der Waals surface area contributed by atoms with Gasteiger partial charge >= 0.3 is 0 Å². The molecule has 0 aliphatic heterocycles. The van der Waals surface area contributed by atoms with Crippen molar-refractivity contribution in [1.82, 2.24) is 0 Å². The molecule has 58 valence electrons. The third kappa shape index (κ3) is 0.873. The standard InChI is InChI=1S/C10H12O/c1-6-3-7(2)10-8(4-6)5-9(10)11/h3,8H,4-5H2,1-2H3. The SMILES string of the molecule is CC1=CC(C)=C2C(=O)CC2C1. The summed E-state index contributed by atoms with van der Waals surface area (Å²) in [5, 5.41) is 0. The van der Waals surface area contributed by atoms with E-state index in [0.29, 0.717) is 11.7 Å². The van der Waals surface area contributed by atoms with Crippen LogP contribution in [0.1, 0.15) is 26.7 Å². The molecule has 0 radical (unpaired) electrons. The van der Waals surface area contributed by atoms with Crippen LogP contribution in [0.2, 0.25) is 0 Å². The lowest BCUT2D eigenvalue weighted by Gasteiger charge is -2.33. The van der Waals surface area contributed by atoms with E-state index in [9.17, 15) is 4.79 Å². The van der Waals surface area contributed by atoms with Crippen molar-refractivity contribution in [3.05, 3.63) is 22.8 Å². The molecule has 0 aromatic heterocycles. The molecule has 2 rings (SSSR count). The number of ketones is 1. The zero-order chi connectivity index (χ0) is 8.01. The van der Waals surface area contributed by atoms with Crippen LogP contribution in [0.15, 0.2) is 22.8 Å². The summed E-state index contributed by atoms with van der Waals surface area (Å²) < 4.78 is 0. The van der Waals surface area contributed by atoms with Crippen LogP contribution in [-0.4, -0.2) is 5.78 Å². The minimum Gasteiger partial charge on any atom is -0.295 e. The van der Waals surface area contributed by atoms with E-state index >= 15 is 0 Å². The van der Waals surface area contributed by atoms with Crippen molar-refractivity contribution in [2.24, 2.45) is 5.92 Å². The minimum atomic E-state index is 0.372. The minimum absolute atomic E-state index is 0.372. The second kappa shape index (κ2) is 2.07. The van der Waals surface area contributed by atoms with E-state index in [1.807, 2.05) is 6.92 Å². The zero-order valence-electron chi connectivity index (χ0n) is 6.98. The highest BCUT2D eigenvalue weighted by atomic mass is 16.1. The first-order valence-electron chi connectivity index (χ1n) is 4.09. The van der Waals surface area contributed by atoms with Crippen molar-refractivity contribution >= 4 is 5.78 Å². The van der Waals surface area contributed by atoms with Crippen molar-refractivity contribution in [1.29, 1.82) is 0 Å². The molecular formula is C10H12O. The predicted molar refractivity (Wildman–Crippen MR) is 44.2 cm³/mol. The number of carbonyl (C=O) groups is 1. The molecule has 2 aliphatic rings. The number of carbonyl (C=O) groups excluding carboxylic acids is 1. The molecule has 0 spiro atoms. The largest absolute Gasteiger partial charge is 0.295 e. The summed E-state index contributed by atoms with van der Waals surface area (Å²) in [7, 11) is 0. The fourth-order valence-electron chi connectivity index (χ4n) is 2.14. The van der Waals surface area contributed by atoms with Gasteiger partial charge < -0.3 is 0 Å². The lowest BCUT2D eigenvalue weighted by Crippen LogP contribution is -2.30. The van der Waals surface area contributed by atoms with E-state index in [1.165, 1.54) is 11.1 Å². The molecule has 1 heteroatoms. The summed E-state index contributed by atoms with van der Waals surface area (Å²) in [5.74, 6) is 0.948. The molecule has 0 bridgehead atoms. The molecule has 0 saturated heterocycles. The molecule has 1 unspecified atom stereocenters. The first-order valence-corrected chi connectivity index (χ1v) is 4.09. The lowest BCUT2D eigenvalue weighted by molar-refractivity contribution is -0.120. The zero-order valence-corrected chi connectivity index (χ0v) is 6.98. The smallest absolute Gasteiger partial charge is 0.160 e. The molecule has 0 heterocycles. The third-order valence-electron chi connectivity index (χ3n) is 2.60. The number of Topliss-reactive ketones (excluding diaryl/α,β-unsaturated/α-hetero) is 1. The first-order chi connectivity index (χ1) is 5.18. The maximum atomic E-state index is 11.1. The highest BCUT2D eigenvalue weighted by Gasteiger charge is 2.36. The molecule has 1 atom stereocenters. The van der Waals surface area contributed by atoms with Gasteiger partial charge in [0, 0.05) is 12.0 Å². The number of hydrogen-bond acceptors (Lipinski definition) is 1. The average Bonchev–Trinajstić information content (AvgIpc) is 1.83. The van der Waals surface area contributed by atoms with Crippen LogP contribution in [0.3, 0.4) is 0 Å². The Morgan fingerprint density at radius 3 is 2.64 bits per heavy atom. The van der Waals surface area contributed by atoms with Crippen LogP contribution in [0.5, 0.6) is 0 Å². The number of fused-ring (bicyclic) bond motifs is 1. The maximum absolute atomic E-state index is 11.1. The summed E-state index contributed by atoms with van der Waals surface area (Å²) in [5.41, 5.74) is 3.73. The van der Waals surface area contributed by atoms with Gasteiger partial charge in [-0.15, -0.1) is 0 Å². The topological polar surface area (TPSA) is 17.1 Å². The molecule has 0 aromatic carbocycles. The van der Waals surface area contributed by atoms with Gasteiger partial charge in [0.15, 0.2) is 5.78 Å². The molecule has 0 aromatic rings. The normalized spacial score (nSPS) is 29.5. The molecule has 2 aliphatic carbocycles. The molecular weight excluding hydrogens is 136 g/mol. The molecule has 1 saturated carbocycles. The maximum Gasteiger partial charge on any atom is 0.160 e. The van der Waals surface area contributed by atoms with Gasteiger partial charge in [-0.2, -0.15) is 0 Å². The molecule has 1 nitrogen and oxygen atoms in total. The average molecular weight is 148 g/mol. The van der Waals surface area contributed by atoms with Gasteiger partial charge in [0.2, 0.25) is 0 Å². The Morgan fingerprint density at radius 1 is 1.36 bits per heavy atom. The van der Waals surface area contributed by atoms with Crippen molar-refractivity contribution in [3.63, 3.8) is 0 Å². The number of allylic oxidation sites excluding steroid dienone is 4. The van der Waals surface area contributed by atoms with Gasteiger partial charge in [-0.1, -0.05) is 11.6 Å². The highest BCUT2D eigenvalue weighted by molar-refractivity contribution is 6.04. The fraction of sp³-hybridized carbons (Fsp3) is 0.500. The van der Waals surface area contributed by atoms with Gasteiger partial charge in [0.05, 0.1) is 0 Å². The predicted octanol–water partition coefficient (Wildman–Crippen LogP) is 2.24. The fourth-order valence-corrected chi connectivity index (χ4v) is 2.14. The Bertz CT molecular complexity index is 281. The van der Waals surface area contributed by atoms with E-state index < -0.39 is 0 Å². The molecule has 1 fully saturated rings. The Kier molecular flexibility index (Phi) is 1.28. The Balaban J connectivity index is 2.41. The third-order valence-corrected chi connectivity index (χ3v) is 2.60. The van der Waals surface area contributed by atoms with Crippen LogP contribution in [-0.2, 0) is 4.79 Å². The quantitative estimate of drug-likeness (QED) is 0.515. The molecule has 11 heavy (non-hydrogen) atoms. The van der Waals surface area contributed by atoms with E-state index in [2.05, 4.69) is 13.0 Å². The van der Waals surface area contributed by atoms with E-state index in [-0.39, 0.29) is 0 Å². The summed E-state index contributed by atoms with van der Waals surface area (Å²) in [6.45, 7) is 4.19. The lowest BCUT2D eigenvalue weighted by atomic mass is 9.69. The summed E-state index contributed by atoms with van der Waals surface area (Å²) in [4.78, 5) is 11.1. The summed E-state index contributed by atoms with van der Waals surface area (Å²) in [6, 6.07) is 0. The van der Waals surface area contributed by atoms with Crippen molar-refractivity contribution in [2.75, 3.05) is 0 Å². The summed E-state index contributed by atoms with van der Waals surface area (Å²) in [6.07, 6.45) is 4.04. The van der Waals surface area contributed by atoms with E-state index in [1.54, 1.807) is 0 Å². The second-order valence-electron chi connectivity index (χ2n) is 3.62. The molecule has 0 amide bonds. The van der Waals surface area contributed by atoms with E-state index in [4.69, 9.17) is 0 Å². The van der Waals surface area contributed by atoms with Crippen LogP contribution in [0.4, 0.5) is 0 Å². The van der Waals surface area contributed by atoms with Gasteiger partial charge in [0.1, 0.15) is 0 Å². The van der Waals surface area contributed by atoms with Gasteiger partial charge in [-0.25, -0.2) is 0 Å². The highest BCUT2D eigenvalue weighted by Crippen LogP contribution is 2.40. The van der Waals surface area contributed by atoms with Crippen LogP contribution in [0.25, 0.3) is 0 Å². The van der Waals surface area contributed by atoms with Crippen LogP contribution < -0.4 is 0 Å². The van der Waals surface area contributed by atoms with Crippen molar-refractivity contribution in [3.8, 4) is 0 Å². The Hall–Kier alpha value is -0.850. The van der Waals surface area contributed by atoms with Gasteiger partial charge in [-0.3, -0.25) is 4.79 Å². The Labute approximate surface area is 66.8 Å². The van der Waals surface area contributed by atoms with Gasteiger partial charge in [0.25, 0.3) is 0 Å². The summed E-state index contributed by atoms with van der Waals surface area (Å²) >= 11 is 0. The number of hydrogen-bond donors (Lipinski definition) is 0. The van der Waals surface area contributed by atoms with Crippen molar-refractivity contribution < 1.29 is 4.79 Å². The van der Waals surface area contributed by atoms with Crippen LogP contribution >= 0.6 is 0 Å². The first kappa shape index (κ1) is 6.84. The Morgan fingerprint density at radius 2 is 2.09 bits per heavy atom. The second-order valence-corrected chi connectivity index (χ2v) is 3.62. The van der Waals surface area contributed by atoms with E-state index in [0.717, 1.165) is 18.4 Å². The monoisotopic (exact) mass is 148 g/mol.